The zero-order valence-electron chi connectivity index (χ0n) is 8.36. The summed E-state index contributed by atoms with van der Waals surface area (Å²) >= 11 is 0. The van der Waals surface area contributed by atoms with Crippen LogP contribution in [0.1, 0.15) is 5.82 Å². The zero-order valence-corrected chi connectivity index (χ0v) is 8.36. The molecule has 2 aromatic heterocycles. The van der Waals surface area contributed by atoms with Gasteiger partial charge in [0.15, 0.2) is 5.65 Å². The number of rotatable bonds is 2. The van der Waals surface area contributed by atoms with Gasteiger partial charge >= 0.3 is 6.18 Å². The van der Waals surface area contributed by atoms with Gasteiger partial charge in [-0.25, -0.2) is 0 Å². The third kappa shape index (κ3) is 2.13. The van der Waals surface area contributed by atoms with Crippen molar-refractivity contribution in [1.82, 2.24) is 19.8 Å². The van der Waals surface area contributed by atoms with Crippen LogP contribution in [0.15, 0.2) is 12.1 Å². The average Bonchev–Trinajstić information content (AvgIpc) is 2.68. The molecule has 8 heteroatoms. The molecule has 0 atom stereocenters. The third-order valence-electron chi connectivity index (χ3n) is 1.89. The van der Waals surface area contributed by atoms with E-state index in [1.165, 1.54) is 12.1 Å². The minimum absolute atomic E-state index is 0.0172. The molecule has 17 heavy (non-hydrogen) atoms. The molecule has 88 valence electrons. The number of nitrogens with zero attached hydrogens (tertiary/aromatic N) is 4. The molecule has 0 aliphatic heterocycles. The molecule has 0 amide bonds. The fourth-order valence-corrected chi connectivity index (χ4v) is 1.20. The monoisotopic (exact) mass is 241 g/mol. The number of hydrogen-bond acceptors (Lipinski definition) is 4. The van der Waals surface area contributed by atoms with Gasteiger partial charge in [-0.15, -0.1) is 21.7 Å². The van der Waals surface area contributed by atoms with Crippen molar-refractivity contribution in [1.29, 1.82) is 0 Å². The van der Waals surface area contributed by atoms with Gasteiger partial charge in [0, 0.05) is 0 Å². The predicted octanol–water partition coefficient (Wildman–Crippen LogP) is 1.19. The van der Waals surface area contributed by atoms with Gasteiger partial charge < -0.3 is 5.32 Å². The van der Waals surface area contributed by atoms with Crippen LogP contribution in [0.5, 0.6) is 0 Å². The van der Waals surface area contributed by atoms with E-state index in [9.17, 15) is 13.2 Å². The largest absolute Gasteiger partial charge is 0.453 e. The standard InChI is InChI=1S/C9H6F3N5/c1-2-5-13-6-3-4-7-14-15-8(9(10,11)12)17(7)16-6/h1,3-4H,5H2,(H,13,16). The summed E-state index contributed by atoms with van der Waals surface area (Å²) in [5, 5.41) is 12.8. The molecule has 5 nitrogen and oxygen atoms in total. The van der Waals surface area contributed by atoms with Crippen LogP contribution in [-0.2, 0) is 6.18 Å². The lowest BCUT2D eigenvalue weighted by molar-refractivity contribution is -0.146. The topological polar surface area (TPSA) is 55.1 Å². The van der Waals surface area contributed by atoms with Crippen molar-refractivity contribution in [3.63, 3.8) is 0 Å². The first-order valence-corrected chi connectivity index (χ1v) is 4.49. The fraction of sp³-hybridized carbons (Fsp3) is 0.222. The molecule has 0 radical (unpaired) electrons. The van der Waals surface area contributed by atoms with Gasteiger partial charge in [0.1, 0.15) is 5.82 Å². The molecule has 1 N–H and O–H groups in total. The van der Waals surface area contributed by atoms with Crippen LogP contribution < -0.4 is 5.32 Å². The van der Waals surface area contributed by atoms with Gasteiger partial charge in [-0.1, -0.05) is 5.92 Å². The minimum Gasteiger partial charge on any atom is -0.358 e. The highest BCUT2D eigenvalue weighted by Crippen LogP contribution is 2.27. The Labute approximate surface area is 93.7 Å². The Balaban J connectivity index is 2.48. The molecule has 0 aliphatic rings. The lowest BCUT2D eigenvalue weighted by atomic mass is 10.5. The molecule has 0 saturated heterocycles. The number of anilines is 1. The van der Waals surface area contributed by atoms with Gasteiger partial charge in [-0.3, -0.25) is 0 Å². The Morgan fingerprint density at radius 3 is 2.76 bits per heavy atom. The number of fused-ring (bicyclic) bond motifs is 1. The minimum atomic E-state index is -4.60. The molecule has 0 bridgehead atoms. The normalized spacial score (nSPS) is 11.4. The van der Waals surface area contributed by atoms with E-state index >= 15 is 0 Å². The quantitative estimate of drug-likeness (QED) is 0.802. The number of aromatic nitrogens is 4. The molecule has 0 spiro atoms. The lowest BCUT2D eigenvalue weighted by Crippen LogP contribution is -2.13. The summed E-state index contributed by atoms with van der Waals surface area (Å²) in [6, 6.07) is 2.84. The molecular formula is C9H6F3N5. The van der Waals surface area contributed by atoms with Crippen molar-refractivity contribution in [2.24, 2.45) is 0 Å². The SMILES string of the molecule is C#CCNc1ccc2nnc(C(F)(F)F)n2n1. The van der Waals surface area contributed by atoms with E-state index in [1.807, 2.05) is 0 Å². The number of halogens is 3. The van der Waals surface area contributed by atoms with Crippen LogP contribution in [0.2, 0.25) is 0 Å². The van der Waals surface area contributed by atoms with E-state index in [0.717, 1.165) is 0 Å². The van der Waals surface area contributed by atoms with Crippen molar-refractivity contribution in [3.8, 4) is 12.3 Å². The molecule has 2 aromatic rings. The van der Waals surface area contributed by atoms with Gasteiger partial charge in [-0.2, -0.15) is 17.7 Å². The Bertz CT molecular complexity index is 580. The maximum atomic E-state index is 12.5. The molecule has 2 rings (SSSR count). The maximum absolute atomic E-state index is 12.5. The molecule has 2 heterocycles. The fourth-order valence-electron chi connectivity index (χ4n) is 1.20. The third-order valence-corrected chi connectivity index (χ3v) is 1.89. The smallest absolute Gasteiger partial charge is 0.358 e. The number of terminal acetylenes is 1. The van der Waals surface area contributed by atoms with Crippen molar-refractivity contribution in [2.45, 2.75) is 6.18 Å². The Kier molecular flexibility index (Phi) is 2.59. The van der Waals surface area contributed by atoms with Gasteiger partial charge in [0.2, 0.25) is 0 Å². The summed E-state index contributed by atoms with van der Waals surface area (Å²) in [5.41, 5.74) is 0.0172. The van der Waals surface area contributed by atoms with E-state index in [1.54, 1.807) is 0 Å². The predicted molar refractivity (Wildman–Crippen MR) is 53.1 cm³/mol. The highest BCUT2D eigenvalue weighted by atomic mass is 19.4. The second-order valence-corrected chi connectivity index (χ2v) is 3.07. The van der Waals surface area contributed by atoms with E-state index in [0.29, 0.717) is 4.52 Å². The maximum Gasteiger partial charge on any atom is 0.453 e. The van der Waals surface area contributed by atoms with E-state index < -0.39 is 12.0 Å². The van der Waals surface area contributed by atoms with Gasteiger partial charge in [0.25, 0.3) is 5.82 Å². The Hall–Kier alpha value is -2.30. The highest BCUT2D eigenvalue weighted by molar-refractivity contribution is 5.44. The molecule has 0 unspecified atom stereocenters. The van der Waals surface area contributed by atoms with Crippen LogP contribution in [0.3, 0.4) is 0 Å². The average molecular weight is 241 g/mol. The summed E-state index contributed by atoms with van der Waals surface area (Å²) in [7, 11) is 0. The Morgan fingerprint density at radius 2 is 2.12 bits per heavy atom. The highest BCUT2D eigenvalue weighted by Gasteiger charge is 2.37. The van der Waals surface area contributed by atoms with Crippen LogP contribution >= 0.6 is 0 Å². The lowest BCUT2D eigenvalue weighted by Gasteiger charge is -2.05. The summed E-state index contributed by atoms with van der Waals surface area (Å²) in [6.07, 6.45) is 0.416. The Morgan fingerprint density at radius 1 is 1.35 bits per heavy atom. The molecule has 0 fully saturated rings. The van der Waals surface area contributed by atoms with Gasteiger partial charge in [0.05, 0.1) is 6.54 Å². The van der Waals surface area contributed by atoms with Crippen LogP contribution in [0.4, 0.5) is 19.0 Å². The molecule has 0 saturated carbocycles. The first-order chi connectivity index (χ1) is 8.02. The van der Waals surface area contributed by atoms with Crippen molar-refractivity contribution in [3.05, 3.63) is 18.0 Å². The summed E-state index contributed by atoms with van der Waals surface area (Å²) in [6.45, 7) is 0.169. The summed E-state index contributed by atoms with van der Waals surface area (Å²) in [5.74, 6) is 1.34. The number of alkyl halides is 3. The van der Waals surface area contributed by atoms with Gasteiger partial charge in [-0.05, 0) is 12.1 Å². The second kappa shape index (κ2) is 3.93. The van der Waals surface area contributed by atoms with E-state index in [4.69, 9.17) is 6.42 Å². The summed E-state index contributed by atoms with van der Waals surface area (Å²) in [4.78, 5) is 0. The molecular weight excluding hydrogens is 235 g/mol. The number of hydrogen-bond donors (Lipinski definition) is 1. The van der Waals surface area contributed by atoms with Crippen molar-refractivity contribution in [2.75, 3.05) is 11.9 Å². The number of nitrogens with one attached hydrogen (secondary N) is 1. The first-order valence-electron chi connectivity index (χ1n) is 4.49. The first kappa shape index (κ1) is 11.2. The van der Waals surface area contributed by atoms with Crippen LogP contribution in [0.25, 0.3) is 5.65 Å². The molecule has 0 aromatic carbocycles. The van der Waals surface area contributed by atoms with Crippen LogP contribution in [0, 0.1) is 12.3 Å². The zero-order chi connectivity index (χ0) is 12.5. The summed E-state index contributed by atoms with van der Waals surface area (Å²) < 4.78 is 38.2. The van der Waals surface area contributed by atoms with Crippen LogP contribution in [-0.4, -0.2) is 26.4 Å². The molecule has 0 aliphatic carbocycles. The van der Waals surface area contributed by atoms with E-state index in [-0.39, 0.29) is 18.0 Å². The second-order valence-electron chi connectivity index (χ2n) is 3.07. The van der Waals surface area contributed by atoms with E-state index in [2.05, 4.69) is 26.5 Å². The van der Waals surface area contributed by atoms with Crippen molar-refractivity contribution < 1.29 is 13.2 Å². The van der Waals surface area contributed by atoms with Crippen molar-refractivity contribution >= 4 is 11.5 Å².